The van der Waals surface area contributed by atoms with Crippen LogP contribution in [0.5, 0.6) is 0 Å². The lowest BCUT2D eigenvalue weighted by molar-refractivity contribution is -0.150. The van der Waals surface area contributed by atoms with Crippen LogP contribution in [0, 0.1) is 0 Å². The summed E-state index contributed by atoms with van der Waals surface area (Å²) >= 11 is 4.97. The van der Waals surface area contributed by atoms with Gasteiger partial charge in [-0.05, 0) is 11.6 Å². The summed E-state index contributed by atoms with van der Waals surface area (Å²) in [6, 6.07) is 0.754. The fourth-order valence-electron chi connectivity index (χ4n) is 3.58. The Balaban J connectivity index is 1.47. The molecule has 1 fully saturated rings. The van der Waals surface area contributed by atoms with Crippen LogP contribution < -0.4 is 22.5 Å². The van der Waals surface area contributed by atoms with Crippen LogP contribution >= 0.6 is 46.8 Å². The van der Waals surface area contributed by atoms with Crippen molar-refractivity contribution in [3.8, 4) is 0 Å². The number of nitrogens with two attached hydrogens (primary N) is 3. The third-order valence-corrected chi connectivity index (χ3v) is 9.46. The molecule has 2 aromatic heterocycles. The van der Waals surface area contributed by atoms with Crippen molar-refractivity contribution in [2.45, 2.75) is 22.1 Å². The molecule has 1 saturated heterocycles. The second kappa shape index (κ2) is 12.5. The number of nitrogen functional groups attached to an aromatic ring is 1. The van der Waals surface area contributed by atoms with Gasteiger partial charge < -0.3 is 32.8 Å². The number of β-lactam (4-membered cyclic amide) rings is 1. The smallest absolute Gasteiger partial charge is 0.353 e. The number of pyridine rings is 1. The molecule has 39 heavy (non-hydrogen) atoms. The zero-order valence-corrected chi connectivity index (χ0v) is 23.1. The number of hydrogen-bond donors (Lipinski definition) is 6. The van der Waals surface area contributed by atoms with Crippen LogP contribution in [0.1, 0.15) is 11.4 Å². The monoisotopic (exact) mass is 610 g/mol. The highest BCUT2D eigenvalue weighted by Crippen LogP contribution is 2.45. The highest BCUT2D eigenvalue weighted by molar-refractivity contribution is 8.06. The standard InChI is InChI=1S/C20H22N10O5S4/c21-19(22)25-3-4-36-6-8-5-24-2-1-9(8)38-10-7-37-17-12(16(32)30(17)13(10)18(33)34)26-15(31)11(28-35)14-27-20(23)39-29-14/h1-2,5,12,17,35H,3-4,6-7H2,(H,26,31)(H,33,34)(H4,21,22,25)(H2,23,27,29)/b28-11-/t12-,17?/m1/s1. The number of guanidine groups is 1. The molecule has 2 amide bonds. The van der Waals surface area contributed by atoms with Gasteiger partial charge in [-0.2, -0.15) is 21.1 Å². The number of oxime groups is 1. The third kappa shape index (κ3) is 6.37. The minimum Gasteiger partial charge on any atom is -0.477 e. The number of aliphatic imine (C=N–C) groups is 1. The van der Waals surface area contributed by atoms with E-state index in [1.54, 1.807) is 30.2 Å². The van der Waals surface area contributed by atoms with Crippen molar-refractivity contribution in [2.24, 2.45) is 21.6 Å². The van der Waals surface area contributed by atoms with E-state index >= 15 is 0 Å². The fourth-order valence-corrected chi connectivity index (χ4v) is 7.49. The summed E-state index contributed by atoms with van der Waals surface area (Å²) in [5.74, 6) is -1.35. The lowest BCUT2D eigenvalue weighted by Gasteiger charge is -2.49. The minimum atomic E-state index is -1.26. The molecule has 2 atom stereocenters. The number of aromatic nitrogens is 3. The molecule has 15 nitrogen and oxygen atoms in total. The number of carbonyl (C=O) groups excluding carboxylic acids is 2. The normalized spacial score (nSPS) is 18.8. The van der Waals surface area contributed by atoms with Gasteiger partial charge in [0, 0.05) is 51.0 Å². The maximum Gasteiger partial charge on any atom is 0.353 e. The summed E-state index contributed by atoms with van der Waals surface area (Å²) in [6.07, 6.45) is 3.32. The Morgan fingerprint density at radius 3 is 2.79 bits per heavy atom. The van der Waals surface area contributed by atoms with Gasteiger partial charge in [0.15, 0.2) is 11.1 Å². The second-order valence-electron chi connectivity index (χ2n) is 7.79. The quantitative estimate of drug-likeness (QED) is 0.0477. The summed E-state index contributed by atoms with van der Waals surface area (Å²) < 4.78 is 3.83. The molecule has 0 spiro atoms. The number of fused-ring (bicyclic) bond motifs is 1. The van der Waals surface area contributed by atoms with E-state index in [4.69, 9.17) is 17.2 Å². The predicted octanol–water partition coefficient (Wildman–Crippen LogP) is -0.311. The zero-order chi connectivity index (χ0) is 28.1. The van der Waals surface area contributed by atoms with E-state index < -0.39 is 34.9 Å². The Hall–Kier alpha value is -3.55. The van der Waals surface area contributed by atoms with Gasteiger partial charge in [-0.15, -0.1) is 11.8 Å². The van der Waals surface area contributed by atoms with Gasteiger partial charge in [0.1, 0.15) is 17.1 Å². The highest BCUT2D eigenvalue weighted by atomic mass is 32.2. The zero-order valence-electron chi connectivity index (χ0n) is 19.9. The number of carboxylic acid groups (broad SMARTS) is 1. The molecular weight excluding hydrogens is 589 g/mol. The summed E-state index contributed by atoms with van der Waals surface area (Å²) in [5, 5.41) is 24.1. The fraction of sp³-hybridized carbons (Fsp3) is 0.300. The number of aliphatic carboxylic acids is 1. The third-order valence-electron chi connectivity index (χ3n) is 5.27. The van der Waals surface area contributed by atoms with E-state index in [0.717, 1.165) is 26.9 Å². The predicted molar refractivity (Wildman–Crippen MR) is 149 cm³/mol. The second-order valence-corrected chi connectivity index (χ2v) is 11.9. The van der Waals surface area contributed by atoms with Crippen molar-refractivity contribution in [3.63, 3.8) is 0 Å². The van der Waals surface area contributed by atoms with Crippen molar-refractivity contribution in [3.05, 3.63) is 40.5 Å². The van der Waals surface area contributed by atoms with E-state index in [2.05, 4.69) is 29.8 Å². The number of nitrogens with zero attached hydrogens (tertiary/aromatic N) is 6. The van der Waals surface area contributed by atoms with Crippen molar-refractivity contribution < 1.29 is 24.7 Å². The molecule has 206 valence electrons. The van der Waals surface area contributed by atoms with Crippen LogP contribution in [0.2, 0.25) is 0 Å². The molecule has 9 N–H and O–H groups in total. The molecule has 2 aliphatic rings. The van der Waals surface area contributed by atoms with Crippen molar-refractivity contribution in [1.29, 1.82) is 0 Å². The van der Waals surface area contributed by atoms with E-state index in [1.165, 1.54) is 23.5 Å². The van der Waals surface area contributed by atoms with Crippen LogP contribution in [0.25, 0.3) is 0 Å². The molecule has 0 aliphatic carbocycles. The Kier molecular flexibility index (Phi) is 9.15. The molecule has 0 bridgehead atoms. The molecule has 0 aromatic carbocycles. The lowest BCUT2D eigenvalue weighted by Crippen LogP contribution is -2.71. The molecule has 4 rings (SSSR count). The average Bonchev–Trinajstić information content (AvgIpc) is 3.33. The van der Waals surface area contributed by atoms with Gasteiger partial charge in [0.25, 0.3) is 11.8 Å². The van der Waals surface area contributed by atoms with Crippen molar-refractivity contribution >= 4 is 81.4 Å². The first kappa shape index (κ1) is 28.5. The van der Waals surface area contributed by atoms with E-state index in [1.807, 2.05) is 0 Å². The number of rotatable bonds is 11. The number of thioether (sulfide) groups is 3. The Morgan fingerprint density at radius 2 is 2.13 bits per heavy atom. The largest absolute Gasteiger partial charge is 0.477 e. The molecule has 2 aromatic rings. The van der Waals surface area contributed by atoms with Gasteiger partial charge in [-0.25, -0.2) is 4.79 Å². The van der Waals surface area contributed by atoms with Crippen molar-refractivity contribution in [1.82, 2.24) is 24.6 Å². The molecule has 1 unspecified atom stereocenters. The molecule has 19 heteroatoms. The van der Waals surface area contributed by atoms with Crippen LogP contribution in [0.3, 0.4) is 0 Å². The summed E-state index contributed by atoms with van der Waals surface area (Å²) in [6.45, 7) is 0.469. The molecular formula is C20H22N10O5S4. The first-order valence-electron chi connectivity index (χ1n) is 11.0. The van der Waals surface area contributed by atoms with Gasteiger partial charge >= 0.3 is 5.97 Å². The summed E-state index contributed by atoms with van der Waals surface area (Å²) in [4.78, 5) is 52.3. The molecule has 0 saturated carbocycles. The Bertz CT molecular complexity index is 1380. The molecule has 2 aliphatic heterocycles. The Labute approximate surface area is 237 Å². The van der Waals surface area contributed by atoms with Gasteiger partial charge in [0.05, 0.1) is 6.54 Å². The number of nitrogens with one attached hydrogen (secondary N) is 1. The topological polar surface area (TPSA) is 248 Å². The van der Waals surface area contributed by atoms with Gasteiger partial charge in [-0.3, -0.25) is 24.5 Å². The number of carboxylic acids is 1. The summed E-state index contributed by atoms with van der Waals surface area (Å²) in [5.41, 5.74) is 16.4. The van der Waals surface area contributed by atoms with Crippen LogP contribution in [-0.2, 0) is 20.1 Å². The number of amides is 2. The van der Waals surface area contributed by atoms with E-state index in [0.29, 0.717) is 23.0 Å². The highest BCUT2D eigenvalue weighted by Gasteiger charge is 2.54. The Morgan fingerprint density at radius 1 is 1.33 bits per heavy atom. The number of hydrogen-bond acceptors (Lipinski definition) is 14. The maximum absolute atomic E-state index is 13.0. The minimum absolute atomic E-state index is 0.0282. The number of carbonyl (C=O) groups is 3. The van der Waals surface area contributed by atoms with E-state index in [-0.39, 0.29) is 28.4 Å². The SMILES string of the molecule is NC(N)=NCCSCc1cnccc1SC1=C(C(=O)O)N2C(=O)[C@@H](NC(=O)/C(=N\O)c3nsc(N)n3)C2SC1. The maximum atomic E-state index is 13.0. The lowest BCUT2D eigenvalue weighted by atomic mass is 10.0. The van der Waals surface area contributed by atoms with Gasteiger partial charge in [-0.1, -0.05) is 16.9 Å². The van der Waals surface area contributed by atoms with Crippen LogP contribution in [0.15, 0.2) is 44.1 Å². The van der Waals surface area contributed by atoms with Gasteiger partial charge in [0.2, 0.25) is 11.5 Å². The average molecular weight is 611 g/mol. The molecule has 0 radical (unpaired) electrons. The molecule has 4 heterocycles. The first-order valence-corrected chi connectivity index (χ1v) is 14.8. The number of anilines is 1. The van der Waals surface area contributed by atoms with Crippen molar-refractivity contribution in [2.75, 3.05) is 23.8 Å². The van der Waals surface area contributed by atoms with Crippen LogP contribution in [-0.4, -0.2) is 88.5 Å². The van der Waals surface area contributed by atoms with E-state index in [9.17, 15) is 24.7 Å². The van der Waals surface area contributed by atoms with Crippen LogP contribution in [0.4, 0.5) is 5.13 Å². The first-order chi connectivity index (χ1) is 18.7. The summed E-state index contributed by atoms with van der Waals surface area (Å²) in [7, 11) is 0.